The summed E-state index contributed by atoms with van der Waals surface area (Å²) in [5.41, 5.74) is 6.60. The molecule has 0 amide bonds. The molecule has 2 heterocycles. The van der Waals surface area contributed by atoms with E-state index < -0.39 is 0 Å². The summed E-state index contributed by atoms with van der Waals surface area (Å²) in [6.45, 7) is 2.19. The van der Waals surface area contributed by atoms with E-state index in [9.17, 15) is 0 Å². The highest BCUT2D eigenvalue weighted by Gasteiger charge is 2.22. The van der Waals surface area contributed by atoms with Gasteiger partial charge in [0.15, 0.2) is 0 Å². The normalized spacial score (nSPS) is 15.6. The third-order valence-electron chi connectivity index (χ3n) is 2.58. The zero-order valence-electron chi connectivity index (χ0n) is 8.62. The van der Waals surface area contributed by atoms with Crippen molar-refractivity contribution >= 4 is 33.8 Å². The third kappa shape index (κ3) is 1.80. The Balaban J connectivity index is 2.41. The second kappa shape index (κ2) is 4.33. The van der Waals surface area contributed by atoms with E-state index in [0.29, 0.717) is 10.6 Å². The van der Waals surface area contributed by atoms with Crippen molar-refractivity contribution in [1.29, 1.82) is 5.26 Å². The van der Waals surface area contributed by atoms with Gasteiger partial charge in [-0.25, -0.2) is 0 Å². The van der Waals surface area contributed by atoms with Crippen LogP contribution < -0.4 is 10.6 Å². The zero-order valence-corrected chi connectivity index (χ0v) is 10.2. The minimum atomic E-state index is 0.654. The van der Waals surface area contributed by atoms with Crippen LogP contribution in [0.1, 0.15) is 17.7 Å². The number of anilines is 2. The largest absolute Gasteiger partial charge is 0.396 e. The molecule has 3 nitrogen and oxygen atoms in total. The molecular weight excluding hydrogens is 226 g/mol. The first-order valence-corrected chi connectivity index (χ1v) is 6.93. The molecule has 2 N–H and O–H groups in total. The Hall–Kier alpha value is -0.860. The summed E-state index contributed by atoms with van der Waals surface area (Å²) in [5, 5.41) is 10.1. The fourth-order valence-electron chi connectivity index (χ4n) is 1.83. The summed E-state index contributed by atoms with van der Waals surface area (Å²) in [5.74, 6) is 0. The van der Waals surface area contributed by atoms with Gasteiger partial charge in [-0.3, -0.25) is 0 Å². The lowest BCUT2D eigenvalue weighted by molar-refractivity contribution is 0.949. The average Bonchev–Trinajstić information content (AvgIpc) is 2.84. The van der Waals surface area contributed by atoms with Crippen LogP contribution in [0.2, 0.25) is 0 Å². The number of hydrogen-bond acceptors (Lipinski definition) is 5. The minimum Gasteiger partial charge on any atom is -0.396 e. The summed E-state index contributed by atoms with van der Waals surface area (Å²) in [7, 11) is 0. The van der Waals surface area contributed by atoms with Crippen molar-refractivity contribution in [3.8, 4) is 6.07 Å². The number of thioether (sulfide) groups is 1. The van der Waals surface area contributed by atoms with Crippen LogP contribution in [-0.4, -0.2) is 19.3 Å². The van der Waals surface area contributed by atoms with Crippen LogP contribution in [0.5, 0.6) is 0 Å². The van der Waals surface area contributed by atoms with Gasteiger partial charge in [-0.2, -0.15) is 5.26 Å². The first kappa shape index (κ1) is 10.7. The van der Waals surface area contributed by atoms with Crippen LogP contribution in [-0.2, 0) is 0 Å². The fraction of sp³-hybridized carbons (Fsp3) is 0.500. The lowest BCUT2D eigenvalue weighted by Crippen LogP contribution is -2.16. The van der Waals surface area contributed by atoms with Crippen LogP contribution >= 0.6 is 23.1 Å². The Morgan fingerprint density at radius 1 is 1.47 bits per heavy atom. The van der Waals surface area contributed by atoms with E-state index in [1.807, 2.05) is 6.26 Å². The van der Waals surface area contributed by atoms with Gasteiger partial charge in [0.2, 0.25) is 0 Å². The van der Waals surface area contributed by atoms with E-state index in [1.54, 1.807) is 11.8 Å². The van der Waals surface area contributed by atoms with E-state index in [-0.39, 0.29) is 0 Å². The predicted molar refractivity (Wildman–Crippen MR) is 66.7 cm³/mol. The standard InChI is InChI=1S/C10H13N3S2/c1-14-9-8(12)7(6-11)15-10(9)13-4-2-3-5-13/h2-5,12H2,1H3. The molecule has 5 heteroatoms. The van der Waals surface area contributed by atoms with Crippen molar-refractivity contribution in [1.82, 2.24) is 0 Å². The molecule has 0 bridgehead atoms. The highest BCUT2D eigenvalue weighted by Crippen LogP contribution is 2.44. The third-order valence-corrected chi connectivity index (χ3v) is 4.70. The minimum absolute atomic E-state index is 0.654. The number of nitrogen functional groups attached to an aromatic ring is 1. The van der Waals surface area contributed by atoms with Crippen molar-refractivity contribution in [2.45, 2.75) is 17.7 Å². The molecule has 1 aromatic heterocycles. The first-order chi connectivity index (χ1) is 7.27. The smallest absolute Gasteiger partial charge is 0.131 e. The molecule has 1 aromatic rings. The maximum Gasteiger partial charge on any atom is 0.131 e. The van der Waals surface area contributed by atoms with Crippen molar-refractivity contribution < 1.29 is 0 Å². The fourth-order valence-corrected chi connectivity index (χ4v) is 3.86. The molecular formula is C10H13N3S2. The second-order valence-electron chi connectivity index (χ2n) is 3.49. The van der Waals surface area contributed by atoms with Crippen LogP contribution in [0.4, 0.5) is 10.7 Å². The van der Waals surface area contributed by atoms with Gasteiger partial charge in [0, 0.05) is 13.1 Å². The lowest BCUT2D eigenvalue weighted by Gasteiger charge is -2.16. The summed E-state index contributed by atoms with van der Waals surface area (Å²) in [6, 6.07) is 2.17. The first-order valence-electron chi connectivity index (χ1n) is 4.89. The van der Waals surface area contributed by atoms with E-state index in [4.69, 9.17) is 11.0 Å². The van der Waals surface area contributed by atoms with Gasteiger partial charge in [-0.15, -0.1) is 23.1 Å². The van der Waals surface area contributed by atoms with Crippen molar-refractivity contribution in [3.63, 3.8) is 0 Å². The number of rotatable bonds is 2. The van der Waals surface area contributed by atoms with Crippen LogP contribution in [0, 0.1) is 11.3 Å². The van der Waals surface area contributed by atoms with Gasteiger partial charge in [0.1, 0.15) is 15.9 Å². The molecule has 0 aromatic carbocycles. The maximum absolute atomic E-state index is 8.95. The van der Waals surface area contributed by atoms with Gasteiger partial charge < -0.3 is 10.6 Å². The van der Waals surface area contributed by atoms with E-state index in [0.717, 1.165) is 18.0 Å². The topological polar surface area (TPSA) is 53.0 Å². The maximum atomic E-state index is 8.95. The molecule has 1 fully saturated rings. The Kier molecular flexibility index (Phi) is 3.08. The second-order valence-corrected chi connectivity index (χ2v) is 5.30. The van der Waals surface area contributed by atoms with Gasteiger partial charge in [0.25, 0.3) is 0 Å². The summed E-state index contributed by atoms with van der Waals surface area (Å²) in [4.78, 5) is 4.08. The molecule has 80 valence electrons. The van der Waals surface area contributed by atoms with E-state index in [1.165, 1.54) is 29.2 Å². The molecule has 0 radical (unpaired) electrons. The van der Waals surface area contributed by atoms with Gasteiger partial charge >= 0.3 is 0 Å². The van der Waals surface area contributed by atoms with Gasteiger partial charge in [-0.1, -0.05) is 0 Å². The molecule has 0 aliphatic carbocycles. The Bertz CT molecular complexity index is 400. The number of nitriles is 1. The highest BCUT2D eigenvalue weighted by molar-refractivity contribution is 7.99. The number of thiophene rings is 1. The molecule has 1 aliphatic rings. The Morgan fingerprint density at radius 3 is 2.67 bits per heavy atom. The Morgan fingerprint density at radius 2 is 2.13 bits per heavy atom. The lowest BCUT2D eigenvalue weighted by atomic mass is 10.4. The molecule has 0 saturated carbocycles. The Labute approximate surface area is 97.9 Å². The number of nitrogens with zero attached hydrogens (tertiary/aromatic N) is 2. The van der Waals surface area contributed by atoms with Crippen LogP contribution in [0.25, 0.3) is 0 Å². The molecule has 1 saturated heterocycles. The molecule has 0 unspecified atom stereocenters. The number of nitrogens with two attached hydrogens (primary N) is 1. The van der Waals surface area contributed by atoms with Crippen molar-refractivity contribution in [2.75, 3.05) is 30.0 Å². The van der Waals surface area contributed by atoms with E-state index >= 15 is 0 Å². The summed E-state index contributed by atoms with van der Waals surface area (Å²) >= 11 is 3.16. The van der Waals surface area contributed by atoms with Crippen LogP contribution in [0.15, 0.2) is 4.90 Å². The molecule has 0 atom stereocenters. The van der Waals surface area contributed by atoms with E-state index in [2.05, 4.69) is 11.0 Å². The van der Waals surface area contributed by atoms with Crippen molar-refractivity contribution in [2.24, 2.45) is 0 Å². The summed E-state index contributed by atoms with van der Waals surface area (Å²) in [6.07, 6.45) is 4.50. The van der Waals surface area contributed by atoms with Crippen LogP contribution in [0.3, 0.4) is 0 Å². The van der Waals surface area contributed by atoms with Crippen molar-refractivity contribution in [3.05, 3.63) is 4.88 Å². The number of hydrogen-bond donors (Lipinski definition) is 1. The van der Waals surface area contributed by atoms with Gasteiger partial charge in [0.05, 0.1) is 10.6 Å². The molecule has 15 heavy (non-hydrogen) atoms. The van der Waals surface area contributed by atoms with Gasteiger partial charge in [-0.05, 0) is 19.1 Å². The zero-order chi connectivity index (χ0) is 10.8. The quantitative estimate of drug-likeness (QED) is 0.806. The molecule has 2 rings (SSSR count). The highest BCUT2D eigenvalue weighted by atomic mass is 32.2. The SMILES string of the molecule is CSc1c(N2CCCC2)sc(C#N)c1N. The average molecular weight is 239 g/mol. The molecule has 1 aliphatic heterocycles. The predicted octanol–water partition coefficient (Wildman–Crippen LogP) is 2.52. The monoisotopic (exact) mass is 239 g/mol. The summed E-state index contributed by atoms with van der Waals surface area (Å²) < 4.78 is 0. The molecule has 0 spiro atoms.